The minimum atomic E-state index is -3.20. The molecule has 3 aromatic rings. The molecule has 0 radical (unpaired) electrons. The highest BCUT2D eigenvalue weighted by atomic mass is 79.9. The minimum absolute atomic E-state index is 0.0382. The van der Waals surface area contributed by atoms with Gasteiger partial charge in [0.05, 0.1) is 22.4 Å². The van der Waals surface area contributed by atoms with Gasteiger partial charge in [-0.15, -0.1) is 5.10 Å². The van der Waals surface area contributed by atoms with Crippen molar-refractivity contribution in [3.8, 4) is 11.6 Å². The maximum Gasteiger partial charge on any atom is 0.223 e. The second-order valence-corrected chi connectivity index (χ2v) is 13.3. The van der Waals surface area contributed by atoms with Crippen LogP contribution in [-0.4, -0.2) is 70.0 Å². The van der Waals surface area contributed by atoms with Crippen LogP contribution in [0.1, 0.15) is 31.2 Å². The Hall–Kier alpha value is -2.15. The predicted molar refractivity (Wildman–Crippen MR) is 136 cm³/mol. The zero-order valence-electron chi connectivity index (χ0n) is 20.0. The van der Waals surface area contributed by atoms with Crippen molar-refractivity contribution in [2.24, 2.45) is 11.3 Å². The Kier molecular flexibility index (Phi) is 6.05. The van der Waals surface area contributed by atoms with Gasteiger partial charge in [0, 0.05) is 50.2 Å². The molecule has 12 heteroatoms. The van der Waals surface area contributed by atoms with Gasteiger partial charge in [-0.3, -0.25) is 4.90 Å². The topological polar surface area (TPSA) is 93.5 Å². The summed E-state index contributed by atoms with van der Waals surface area (Å²) in [4.78, 5) is 6.43. The van der Waals surface area contributed by atoms with Crippen molar-refractivity contribution in [1.29, 1.82) is 0 Å². The summed E-state index contributed by atoms with van der Waals surface area (Å²) in [5.41, 5.74) is 2.26. The first kappa shape index (κ1) is 24.2. The van der Waals surface area contributed by atoms with Crippen LogP contribution in [0.4, 0.5) is 4.39 Å². The van der Waals surface area contributed by atoms with Crippen molar-refractivity contribution in [2.75, 3.05) is 32.4 Å². The second kappa shape index (κ2) is 9.00. The standard InChI is InChI=1S/C24H28BrFN6O3S/c1-36(33,34)31-8-2-7-24(15-31)13-30(14-24)12-17-9-18(26)10-27-23(17)35-20-6-5-19-22(21(20)25)28-29-32(19)11-16-3-4-16/h5-6,9-10,16H,2-4,7-8,11-15H2,1H3. The van der Waals surface area contributed by atoms with Crippen LogP contribution in [0.25, 0.3) is 11.0 Å². The van der Waals surface area contributed by atoms with Crippen molar-refractivity contribution < 1.29 is 17.5 Å². The number of aromatic nitrogens is 4. The molecular weight excluding hydrogens is 551 g/mol. The fraction of sp³-hybridized carbons (Fsp3) is 0.542. The number of benzene rings is 1. The molecule has 3 aliphatic rings. The summed E-state index contributed by atoms with van der Waals surface area (Å²) in [5.74, 6) is 1.13. The molecule has 0 bridgehead atoms. The van der Waals surface area contributed by atoms with Crippen LogP contribution in [0, 0.1) is 17.2 Å². The Morgan fingerprint density at radius 3 is 2.81 bits per heavy atom. The Morgan fingerprint density at radius 1 is 1.25 bits per heavy atom. The fourth-order valence-corrected chi connectivity index (χ4v) is 6.95. The van der Waals surface area contributed by atoms with Crippen LogP contribution in [-0.2, 0) is 23.1 Å². The van der Waals surface area contributed by atoms with E-state index in [1.807, 2.05) is 16.8 Å². The second-order valence-electron chi connectivity index (χ2n) is 10.5. The lowest BCUT2D eigenvalue weighted by Crippen LogP contribution is -2.62. The molecule has 192 valence electrons. The molecule has 1 spiro atoms. The van der Waals surface area contributed by atoms with Gasteiger partial charge in [-0.25, -0.2) is 26.8 Å². The molecule has 2 aromatic heterocycles. The molecule has 1 aliphatic carbocycles. The number of sulfonamides is 1. The number of piperidine rings is 1. The summed E-state index contributed by atoms with van der Waals surface area (Å²) >= 11 is 3.61. The van der Waals surface area contributed by atoms with Gasteiger partial charge in [-0.1, -0.05) is 5.21 Å². The number of nitrogens with zero attached hydrogens (tertiary/aromatic N) is 6. The summed E-state index contributed by atoms with van der Waals surface area (Å²) in [6.45, 7) is 3.98. The number of likely N-dealkylation sites (tertiary alicyclic amines) is 1. The van der Waals surface area contributed by atoms with Crippen LogP contribution >= 0.6 is 15.9 Å². The maximum absolute atomic E-state index is 14.1. The van der Waals surface area contributed by atoms with Crippen molar-refractivity contribution in [1.82, 2.24) is 29.2 Å². The van der Waals surface area contributed by atoms with E-state index in [-0.39, 0.29) is 5.41 Å². The Balaban J connectivity index is 1.18. The molecule has 2 aliphatic heterocycles. The lowest BCUT2D eigenvalue weighted by Gasteiger charge is -2.54. The summed E-state index contributed by atoms with van der Waals surface area (Å²) in [6.07, 6.45) is 6.74. The molecule has 1 saturated carbocycles. The molecular formula is C24H28BrFN6O3S. The first-order valence-electron chi connectivity index (χ1n) is 12.2. The Morgan fingerprint density at radius 2 is 2.06 bits per heavy atom. The highest BCUT2D eigenvalue weighted by Crippen LogP contribution is 2.42. The van der Waals surface area contributed by atoms with Crippen LogP contribution in [0.3, 0.4) is 0 Å². The highest BCUT2D eigenvalue weighted by molar-refractivity contribution is 9.10. The Labute approximate surface area is 217 Å². The van der Waals surface area contributed by atoms with Gasteiger partial charge in [-0.2, -0.15) is 0 Å². The fourth-order valence-electron chi connectivity index (χ4n) is 5.48. The third-order valence-electron chi connectivity index (χ3n) is 7.42. The van der Waals surface area contributed by atoms with E-state index in [1.165, 1.54) is 25.2 Å². The highest BCUT2D eigenvalue weighted by Gasteiger charge is 2.47. The van der Waals surface area contributed by atoms with Crippen molar-refractivity contribution in [3.05, 3.63) is 40.2 Å². The first-order valence-corrected chi connectivity index (χ1v) is 14.8. The first-order chi connectivity index (χ1) is 17.2. The van der Waals surface area contributed by atoms with E-state index in [2.05, 4.69) is 36.1 Å². The third-order valence-corrected chi connectivity index (χ3v) is 9.44. The molecule has 0 unspecified atom stereocenters. The Bertz CT molecular complexity index is 1420. The summed E-state index contributed by atoms with van der Waals surface area (Å²) < 4.78 is 48.6. The van der Waals surface area contributed by atoms with Crippen LogP contribution in [0.15, 0.2) is 28.9 Å². The number of halogens is 2. The van der Waals surface area contributed by atoms with Gasteiger partial charge in [0.2, 0.25) is 15.9 Å². The smallest absolute Gasteiger partial charge is 0.223 e. The van der Waals surface area contributed by atoms with Gasteiger partial charge in [0.25, 0.3) is 0 Å². The molecule has 1 aromatic carbocycles. The quantitative estimate of drug-likeness (QED) is 0.421. The SMILES string of the molecule is CS(=O)(=O)N1CCCC2(CN(Cc3cc(F)cnc3Oc3ccc4c(nnn4CC4CC4)c3Br)C2)C1. The average Bonchev–Trinajstić information content (AvgIpc) is 3.54. The number of fused-ring (bicyclic) bond motifs is 1. The number of ether oxygens (including phenoxy) is 1. The van der Waals surface area contributed by atoms with E-state index in [4.69, 9.17) is 4.74 Å². The lowest BCUT2D eigenvalue weighted by atomic mass is 9.74. The molecule has 0 N–H and O–H groups in total. The van der Waals surface area contributed by atoms with Crippen molar-refractivity contribution in [3.63, 3.8) is 0 Å². The van der Waals surface area contributed by atoms with E-state index in [0.29, 0.717) is 52.7 Å². The van der Waals surface area contributed by atoms with Gasteiger partial charge in [-0.05, 0) is 65.7 Å². The van der Waals surface area contributed by atoms with E-state index in [0.717, 1.165) is 44.2 Å². The van der Waals surface area contributed by atoms with Crippen LogP contribution in [0.2, 0.25) is 0 Å². The van der Waals surface area contributed by atoms with Crippen LogP contribution in [0.5, 0.6) is 11.6 Å². The van der Waals surface area contributed by atoms with E-state index < -0.39 is 15.8 Å². The summed E-state index contributed by atoms with van der Waals surface area (Å²) in [5, 5.41) is 8.63. The van der Waals surface area contributed by atoms with Gasteiger partial charge in [0.15, 0.2) is 0 Å². The number of pyridine rings is 1. The molecule has 36 heavy (non-hydrogen) atoms. The van der Waals surface area contributed by atoms with Gasteiger partial charge >= 0.3 is 0 Å². The summed E-state index contributed by atoms with van der Waals surface area (Å²) in [6, 6.07) is 5.25. The largest absolute Gasteiger partial charge is 0.437 e. The normalized spacial score (nSPS) is 20.6. The summed E-state index contributed by atoms with van der Waals surface area (Å²) in [7, 11) is -3.20. The third kappa shape index (κ3) is 4.75. The molecule has 2 saturated heterocycles. The molecule has 3 fully saturated rings. The molecule has 9 nitrogen and oxygen atoms in total. The predicted octanol–water partition coefficient (Wildman–Crippen LogP) is 3.79. The monoisotopic (exact) mass is 578 g/mol. The van der Waals surface area contributed by atoms with Crippen molar-refractivity contribution >= 4 is 37.0 Å². The van der Waals surface area contributed by atoms with E-state index in [9.17, 15) is 12.8 Å². The maximum atomic E-state index is 14.1. The van der Waals surface area contributed by atoms with Gasteiger partial charge in [0.1, 0.15) is 17.1 Å². The molecule has 6 rings (SSSR count). The zero-order chi connectivity index (χ0) is 25.1. The molecule has 4 heterocycles. The molecule has 0 amide bonds. The minimum Gasteiger partial charge on any atom is -0.437 e. The lowest BCUT2D eigenvalue weighted by molar-refractivity contribution is -0.0413. The van der Waals surface area contributed by atoms with Gasteiger partial charge < -0.3 is 4.74 Å². The molecule has 0 atom stereocenters. The zero-order valence-corrected chi connectivity index (χ0v) is 22.4. The number of hydrogen-bond donors (Lipinski definition) is 0. The van der Waals surface area contributed by atoms with Crippen LogP contribution < -0.4 is 4.74 Å². The number of rotatable bonds is 7. The van der Waals surface area contributed by atoms with E-state index in [1.54, 1.807) is 4.31 Å². The van der Waals surface area contributed by atoms with Crippen molar-refractivity contribution in [2.45, 2.75) is 38.8 Å². The average molecular weight is 579 g/mol. The number of hydrogen-bond acceptors (Lipinski definition) is 7. The van der Waals surface area contributed by atoms with E-state index >= 15 is 0 Å².